The van der Waals surface area contributed by atoms with Gasteiger partial charge in [-0.3, -0.25) is 14.4 Å². The first-order valence-electron chi connectivity index (χ1n) is 16.4. The second kappa shape index (κ2) is 14.8. The minimum Gasteiger partial charge on any atom is -0.462 e. The SMILES string of the molecule is CCOC(=O)c1ccc(F)c(CCC(NC(=O)C(C)(C)NC(=O)OC(C)(C)C)C(=O)N2CCC3=NN(C)C(=O)[C@]3(Cc3ccccc3)C2)c1. The molecule has 49 heavy (non-hydrogen) atoms. The normalized spacial score (nSPS) is 18.3. The summed E-state index contributed by atoms with van der Waals surface area (Å²) in [6, 6.07) is 12.1. The van der Waals surface area contributed by atoms with E-state index in [1.54, 1.807) is 39.6 Å². The Morgan fingerprint density at radius 1 is 1.06 bits per heavy atom. The molecule has 1 saturated heterocycles. The van der Waals surface area contributed by atoms with Crippen molar-refractivity contribution in [1.82, 2.24) is 20.5 Å². The fraction of sp³-hybridized carbons (Fsp3) is 0.500. The molecule has 0 spiro atoms. The number of nitrogens with one attached hydrogen (secondary N) is 2. The third-order valence-electron chi connectivity index (χ3n) is 8.51. The van der Waals surface area contributed by atoms with Crippen molar-refractivity contribution in [2.75, 3.05) is 26.7 Å². The number of esters is 1. The minimum atomic E-state index is -1.50. The van der Waals surface area contributed by atoms with Crippen LogP contribution in [0, 0.1) is 11.2 Å². The van der Waals surface area contributed by atoms with Crippen LogP contribution in [-0.2, 0) is 36.7 Å². The van der Waals surface area contributed by atoms with Gasteiger partial charge in [0.1, 0.15) is 28.4 Å². The van der Waals surface area contributed by atoms with Crippen LogP contribution in [0.1, 0.15) is 75.9 Å². The Morgan fingerprint density at radius 3 is 2.41 bits per heavy atom. The highest BCUT2D eigenvalue weighted by Crippen LogP contribution is 2.38. The number of alkyl carbamates (subject to hydrolysis) is 1. The lowest BCUT2D eigenvalue weighted by Crippen LogP contribution is -2.62. The van der Waals surface area contributed by atoms with Crippen LogP contribution in [0.2, 0.25) is 0 Å². The number of carbonyl (C=O) groups is 5. The molecule has 0 radical (unpaired) electrons. The topological polar surface area (TPSA) is 147 Å². The van der Waals surface area contributed by atoms with Gasteiger partial charge in [0.2, 0.25) is 11.8 Å². The van der Waals surface area contributed by atoms with Crippen molar-refractivity contribution in [2.24, 2.45) is 10.5 Å². The van der Waals surface area contributed by atoms with Gasteiger partial charge < -0.3 is 25.0 Å². The van der Waals surface area contributed by atoms with Crippen molar-refractivity contribution in [2.45, 2.75) is 84.4 Å². The third kappa shape index (κ3) is 8.81. The number of benzene rings is 2. The summed E-state index contributed by atoms with van der Waals surface area (Å²) >= 11 is 0. The lowest BCUT2D eigenvalue weighted by atomic mass is 9.73. The number of hydrazone groups is 1. The van der Waals surface area contributed by atoms with Gasteiger partial charge in [0.05, 0.1) is 17.9 Å². The fourth-order valence-electron chi connectivity index (χ4n) is 6.05. The maximum atomic E-state index is 15.0. The van der Waals surface area contributed by atoms with E-state index in [-0.39, 0.29) is 49.6 Å². The van der Waals surface area contributed by atoms with Crippen molar-refractivity contribution in [3.8, 4) is 0 Å². The lowest BCUT2D eigenvalue weighted by Gasteiger charge is -2.41. The van der Waals surface area contributed by atoms with Crippen LogP contribution in [0.15, 0.2) is 53.6 Å². The molecular formula is C36H46FN5O7. The molecule has 2 atom stereocenters. The predicted octanol–water partition coefficient (Wildman–Crippen LogP) is 4.01. The number of likely N-dealkylation sites (tertiary alicyclic amines) is 1. The first kappa shape index (κ1) is 37.0. The molecule has 0 aliphatic carbocycles. The van der Waals surface area contributed by atoms with Crippen molar-refractivity contribution in [1.29, 1.82) is 0 Å². The van der Waals surface area contributed by atoms with Gasteiger partial charge in [-0.2, -0.15) is 5.10 Å². The number of aryl methyl sites for hydroxylation is 1. The Hall–Kier alpha value is -4.81. The number of halogens is 1. The molecule has 12 nitrogen and oxygen atoms in total. The van der Waals surface area contributed by atoms with Gasteiger partial charge in [0.25, 0.3) is 5.91 Å². The number of nitrogens with zero attached hydrogens (tertiary/aromatic N) is 3. The summed E-state index contributed by atoms with van der Waals surface area (Å²) in [7, 11) is 1.59. The molecule has 2 aromatic carbocycles. The second-order valence-electron chi connectivity index (χ2n) is 14.0. The Kier molecular flexibility index (Phi) is 11.1. The van der Waals surface area contributed by atoms with Crippen molar-refractivity contribution < 1.29 is 37.8 Å². The summed E-state index contributed by atoms with van der Waals surface area (Å²) in [5, 5.41) is 11.2. The average Bonchev–Trinajstić information content (AvgIpc) is 3.26. The number of hydrogen-bond acceptors (Lipinski definition) is 8. The van der Waals surface area contributed by atoms with Gasteiger partial charge in [0, 0.05) is 26.6 Å². The van der Waals surface area contributed by atoms with E-state index in [2.05, 4.69) is 15.7 Å². The minimum absolute atomic E-state index is 0.0208. The van der Waals surface area contributed by atoms with Gasteiger partial charge in [-0.25, -0.2) is 19.0 Å². The molecule has 1 fully saturated rings. The Morgan fingerprint density at radius 2 is 1.76 bits per heavy atom. The quantitative estimate of drug-likeness (QED) is 0.341. The van der Waals surface area contributed by atoms with Crippen LogP contribution in [-0.4, -0.2) is 89.3 Å². The number of piperidine rings is 1. The first-order chi connectivity index (χ1) is 23.0. The number of fused-ring (bicyclic) bond motifs is 1. The van der Waals surface area contributed by atoms with E-state index >= 15 is 0 Å². The number of rotatable bonds is 11. The smallest absolute Gasteiger partial charge is 0.408 e. The molecule has 0 bridgehead atoms. The maximum Gasteiger partial charge on any atom is 0.408 e. The first-order valence-corrected chi connectivity index (χ1v) is 16.4. The number of amides is 4. The van der Waals surface area contributed by atoms with E-state index in [4.69, 9.17) is 9.47 Å². The molecule has 4 rings (SSSR count). The summed E-state index contributed by atoms with van der Waals surface area (Å²) in [6.45, 7) is 10.1. The molecule has 4 amide bonds. The van der Waals surface area contributed by atoms with E-state index in [0.29, 0.717) is 18.6 Å². The van der Waals surface area contributed by atoms with Crippen molar-refractivity contribution in [3.05, 3.63) is 71.0 Å². The molecule has 2 heterocycles. The zero-order valence-electron chi connectivity index (χ0n) is 29.2. The largest absolute Gasteiger partial charge is 0.462 e. The summed E-state index contributed by atoms with van der Waals surface area (Å²) in [4.78, 5) is 68.2. The third-order valence-corrected chi connectivity index (χ3v) is 8.51. The van der Waals surface area contributed by atoms with Crippen LogP contribution >= 0.6 is 0 Å². The number of hydrogen-bond donors (Lipinski definition) is 2. The Labute approximate surface area is 286 Å². The standard InChI is InChI=1S/C36H46FN5O7/c1-8-48-30(44)25-14-16-26(37)24(20-25)15-17-27(38-31(45)35(5,6)39-33(47)49-34(2,3)4)29(43)42-19-18-28-36(22-42,32(46)41(7)40-28)21-23-12-10-9-11-13-23/h9-14,16,20,27H,8,15,17-19,21-22H2,1-7H3,(H,38,45)(H,39,47)/t27?,36-/m1/s1. The highest BCUT2D eigenvalue weighted by Gasteiger charge is 2.54. The van der Waals surface area contributed by atoms with Crippen LogP contribution in [0.25, 0.3) is 0 Å². The molecule has 0 aromatic heterocycles. The van der Waals surface area contributed by atoms with Gasteiger partial charge in [0.15, 0.2) is 0 Å². The summed E-state index contributed by atoms with van der Waals surface area (Å²) in [5.41, 5.74) is -1.49. The Balaban J connectivity index is 1.62. The van der Waals surface area contributed by atoms with E-state index in [1.807, 2.05) is 30.3 Å². The number of ether oxygens (including phenoxy) is 2. The zero-order valence-corrected chi connectivity index (χ0v) is 29.2. The predicted molar refractivity (Wildman–Crippen MR) is 180 cm³/mol. The molecule has 264 valence electrons. The van der Waals surface area contributed by atoms with Crippen LogP contribution in [0.5, 0.6) is 0 Å². The highest BCUT2D eigenvalue weighted by molar-refractivity contribution is 6.13. The molecule has 2 aromatic rings. The molecule has 2 N–H and O–H groups in total. The van der Waals surface area contributed by atoms with E-state index in [9.17, 15) is 28.4 Å². The van der Waals surface area contributed by atoms with Gasteiger partial charge in [-0.1, -0.05) is 30.3 Å². The van der Waals surface area contributed by atoms with E-state index < -0.39 is 52.3 Å². The fourth-order valence-corrected chi connectivity index (χ4v) is 6.05. The average molecular weight is 680 g/mol. The van der Waals surface area contributed by atoms with Gasteiger partial charge in [-0.15, -0.1) is 0 Å². The monoisotopic (exact) mass is 679 g/mol. The summed E-state index contributed by atoms with van der Waals surface area (Å²) < 4.78 is 25.4. The zero-order chi connectivity index (χ0) is 36.1. The van der Waals surface area contributed by atoms with Crippen LogP contribution < -0.4 is 10.6 Å². The van der Waals surface area contributed by atoms with Crippen molar-refractivity contribution >= 4 is 35.5 Å². The Bertz CT molecular complexity index is 1620. The van der Waals surface area contributed by atoms with Gasteiger partial charge in [-0.05, 0) is 90.1 Å². The lowest BCUT2D eigenvalue weighted by molar-refractivity contribution is -0.142. The molecule has 2 aliphatic rings. The molecule has 13 heteroatoms. The van der Waals surface area contributed by atoms with Gasteiger partial charge >= 0.3 is 12.1 Å². The molecule has 1 unspecified atom stereocenters. The van der Waals surface area contributed by atoms with E-state index in [0.717, 1.165) is 11.6 Å². The van der Waals surface area contributed by atoms with E-state index in [1.165, 1.54) is 31.0 Å². The summed E-state index contributed by atoms with van der Waals surface area (Å²) in [5.74, 6) is -2.58. The molecular weight excluding hydrogens is 633 g/mol. The van der Waals surface area contributed by atoms with Crippen LogP contribution in [0.3, 0.4) is 0 Å². The maximum absolute atomic E-state index is 15.0. The molecule has 2 aliphatic heterocycles. The summed E-state index contributed by atoms with van der Waals surface area (Å²) in [6.07, 6.45) is -0.213. The number of carbonyl (C=O) groups excluding carboxylic acids is 5. The second-order valence-corrected chi connectivity index (χ2v) is 14.0. The van der Waals surface area contributed by atoms with Crippen LogP contribution in [0.4, 0.5) is 9.18 Å². The molecule has 0 saturated carbocycles. The van der Waals surface area contributed by atoms with Crippen molar-refractivity contribution in [3.63, 3.8) is 0 Å². The highest BCUT2D eigenvalue weighted by atomic mass is 19.1.